The zero-order valence-electron chi connectivity index (χ0n) is 11.9. The van der Waals surface area contributed by atoms with Crippen LogP contribution in [-0.2, 0) is 18.9 Å². The van der Waals surface area contributed by atoms with Crippen molar-refractivity contribution in [3.05, 3.63) is 34.9 Å². The molecule has 1 nitrogen and oxygen atoms in total. The molecule has 0 aliphatic heterocycles. The molecular weight excluding hydrogens is 296 g/mol. The molecule has 0 bridgehead atoms. The Labute approximate surface area is 119 Å². The van der Waals surface area contributed by atoms with Gasteiger partial charge in [-0.25, -0.2) is 0 Å². The van der Waals surface area contributed by atoms with Gasteiger partial charge in [-0.15, -0.1) is 0 Å². The van der Waals surface area contributed by atoms with E-state index in [0.29, 0.717) is 6.54 Å². The van der Waals surface area contributed by atoms with Gasteiger partial charge in [0, 0.05) is 13.1 Å². The Bertz CT molecular complexity index is 449. The number of hydrogen-bond acceptors (Lipinski definition) is 1. The van der Waals surface area contributed by atoms with Gasteiger partial charge in [0.05, 0.1) is 11.1 Å². The Morgan fingerprint density at radius 2 is 1.24 bits per heavy atom. The lowest BCUT2D eigenvalue weighted by molar-refractivity contribution is -0.143. The Kier molecular flexibility index (Phi) is 4.98. The zero-order valence-corrected chi connectivity index (χ0v) is 11.9. The molecule has 7 heteroatoms. The van der Waals surface area contributed by atoms with Crippen molar-refractivity contribution in [3.63, 3.8) is 0 Å². The third-order valence-corrected chi connectivity index (χ3v) is 2.63. The Morgan fingerprint density at radius 1 is 0.810 bits per heavy atom. The van der Waals surface area contributed by atoms with E-state index in [0.717, 1.165) is 12.1 Å². The molecule has 1 aromatic carbocycles. The van der Waals surface area contributed by atoms with Crippen molar-refractivity contribution in [2.45, 2.75) is 39.7 Å². The van der Waals surface area contributed by atoms with Crippen LogP contribution in [0.15, 0.2) is 18.2 Å². The maximum absolute atomic E-state index is 12.7. The summed E-state index contributed by atoms with van der Waals surface area (Å²) in [6, 6.07) is 1.61. The van der Waals surface area contributed by atoms with Crippen LogP contribution in [0.1, 0.15) is 37.5 Å². The predicted octanol–water partition coefficient (Wildman–Crippen LogP) is 4.86. The van der Waals surface area contributed by atoms with Crippen LogP contribution < -0.4 is 5.32 Å². The highest BCUT2D eigenvalue weighted by atomic mass is 19.4. The standard InChI is InChI=1S/C14H17F6N/c1-12(2,3)8-21-7-9-4-10(13(15,16)17)6-11(5-9)14(18,19)20/h4-6,21H,7-8H2,1-3H3. The summed E-state index contributed by atoms with van der Waals surface area (Å²) in [7, 11) is 0. The fourth-order valence-corrected chi connectivity index (χ4v) is 1.70. The molecule has 120 valence electrons. The van der Waals surface area contributed by atoms with Crippen molar-refractivity contribution in [3.8, 4) is 0 Å². The van der Waals surface area contributed by atoms with Crippen LogP contribution in [0.4, 0.5) is 26.3 Å². The molecule has 0 atom stereocenters. The van der Waals surface area contributed by atoms with Crippen LogP contribution in [0.5, 0.6) is 0 Å². The van der Waals surface area contributed by atoms with Crippen molar-refractivity contribution in [2.24, 2.45) is 5.41 Å². The lowest BCUT2D eigenvalue weighted by Crippen LogP contribution is -2.26. The largest absolute Gasteiger partial charge is 0.416 e. The van der Waals surface area contributed by atoms with Gasteiger partial charge in [0.1, 0.15) is 0 Å². The van der Waals surface area contributed by atoms with E-state index < -0.39 is 23.5 Å². The fourth-order valence-electron chi connectivity index (χ4n) is 1.70. The molecule has 0 saturated heterocycles. The van der Waals surface area contributed by atoms with Gasteiger partial charge in [0.2, 0.25) is 0 Å². The number of rotatable bonds is 3. The molecule has 0 aliphatic rings. The molecular formula is C14H17F6N. The Balaban J connectivity index is 3.03. The predicted molar refractivity (Wildman–Crippen MR) is 67.6 cm³/mol. The molecule has 0 aliphatic carbocycles. The van der Waals surface area contributed by atoms with E-state index >= 15 is 0 Å². The van der Waals surface area contributed by atoms with Gasteiger partial charge in [-0.3, -0.25) is 0 Å². The smallest absolute Gasteiger partial charge is 0.312 e. The van der Waals surface area contributed by atoms with E-state index in [9.17, 15) is 26.3 Å². The molecule has 0 saturated carbocycles. The minimum absolute atomic E-state index is 0.0404. The van der Waals surface area contributed by atoms with E-state index in [-0.39, 0.29) is 23.6 Å². The van der Waals surface area contributed by atoms with Crippen molar-refractivity contribution in [1.29, 1.82) is 0 Å². The normalized spacial score (nSPS) is 13.6. The van der Waals surface area contributed by atoms with Crippen LogP contribution >= 0.6 is 0 Å². The molecule has 21 heavy (non-hydrogen) atoms. The molecule has 0 spiro atoms. The summed E-state index contributed by atoms with van der Waals surface area (Å²) in [4.78, 5) is 0. The minimum atomic E-state index is -4.81. The molecule has 1 N–H and O–H groups in total. The maximum Gasteiger partial charge on any atom is 0.416 e. The lowest BCUT2D eigenvalue weighted by atomic mass is 9.97. The second kappa shape index (κ2) is 5.87. The van der Waals surface area contributed by atoms with E-state index in [1.165, 1.54) is 0 Å². The maximum atomic E-state index is 12.7. The molecule has 0 fully saturated rings. The third kappa shape index (κ3) is 5.95. The highest BCUT2D eigenvalue weighted by molar-refractivity contribution is 5.33. The zero-order chi connectivity index (χ0) is 16.5. The van der Waals surface area contributed by atoms with Gasteiger partial charge in [-0.2, -0.15) is 26.3 Å². The fraction of sp³-hybridized carbons (Fsp3) is 0.571. The van der Waals surface area contributed by atoms with E-state index in [1.54, 1.807) is 0 Å². The third-order valence-electron chi connectivity index (χ3n) is 2.63. The molecule has 0 aromatic heterocycles. The van der Waals surface area contributed by atoms with E-state index in [2.05, 4.69) is 5.32 Å². The van der Waals surface area contributed by atoms with Gasteiger partial charge in [0.15, 0.2) is 0 Å². The van der Waals surface area contributed by atoms with Crippen LogP contribution in [0.3, 0.4) is 0 Å². The van der Waals surface area contributed by atoms with Crippen LogP contribution in [0.25, 0.3) is 0 Å². The van der Waals surface area contributed by atoms with Crippen LogP contribution in [-0.4, -0.2) is 6.54 Å². The first kappa shape index (κ1) is 17.8. The van der Waals surface area contributed by atoms with Gasteiger partial charge >= 0.3 is 12.4 Å². The summed E-state index contributed by atoms with van der Waals surface area (Å²) < 4.78 is 76.0. The van der Waals surface area contributed by atoms with Gasteiger partial charge in [-0.1, -0.05) is 20.8 Å². The van der Waals surface area contributed by atoms with Crippen LogP contribution in [0, 0.1) is 5.41 Å². The van der Waals surface area contributed by atoms with Crippen molar-refractivity contribution in [2.75, 3.05) is 6.54 Å². The summed E-state index contributed by atoms with van der Waals surface area (Å²) >= 11 is 0. The van der Waals surface area contributed by atoms with Gasteiger partial charge in [-0.05, 0) is 29.2 Å². The quantitative estimate of drug-likeness (QED) is 0.786. The molecule has 0 radical (unpaired) electrons. The first-order valence-electron chi connectivity index (χ1n) is 6.28. The molecule has 1 rings (SSSR count). The van der Waals surface area contributed by atoms with Crippen molar-refractivity contribution < 1.29 is 26.3 Å². The SMILES string of the molecule is CC(C)(C)CNCc1cc(C(F)(F)F)cc(C(F)(F)F)c1. The van der Waals surface area contributed by atoms with E-state index in [1.807, 2.05) is 20.8 Å². The lowest BCUT2D eigenvalue weighted by Gasteiger charge is -2.19. The molecule has 0 amide bonds. The highest BCUT2D eigenvalue weighted by Crippen LogP contribution is 2.36. The number of benzene rings is 1. The van der Waals surface area contributed by atoms with Crippen molar-refractivity contribution in [1.82, 2.24) is 5.32 Å². The first-order chi connectivity index (χ1) is 9.29. The second-order valence-corrected chi connectivity index (χ2v) is 6.08. The summed E-state index contributed by atoms with van der Waals surface area (Å²) in [5, 5.41) is 2.86. The number of nitrogens with one attached hydrogen (secondary N) is 1. The topological polar surface area (TPSA) is 12.0 Å². The van der Waals surface area contributed by atoms with Gasteiger partial charge in [0.25, 0.3) is 0 Å². The average molecular weight is 313 g/mol. The number of hydrogen-bond donors (Lipinski definition) is 1. The highest BCUT2D eigenvalue weighted by Gasteiger charge is 2.36. The summed E-state index contributed by atoms with van der Waals surface area (Å²) in [6.07, 6.45) is -9.61. The second-order valence-electron chi connectivity index (χ2n) is 6.08. The first-order valence-corrected chi connectivity index (χ1v) is 6.28. The summed E-state index contributed by atoms with van der Waals surface area (Å²) in [6.45, 7) is 6.16. The Morgan fingerprint density at radius 3 is 1.57 bits per heavy atom. The summed E-state index contributed by atoms with van der Waals surface area (Å²) in [5.74, 6) is 0. The van der Waals surface area contributed by atoms with Crippen LogP contribution in [0.2, 0.25) is 0 Å². The average Bonchev–Trinajstić information content (AvgIpc) is 2.24. The van der Waals surface area contributed by atoms with Gasteiger partial charge < -0.3 is 5.32 Å². The number of halogens is 6. The molecule has 1 aromatic rings. The molecule has 0 heterocycles. The Hall–Kier alpha value is -1.24. The van der Waals surface area contributed by atoms with Crippen molar-refractivity contribution >= 4 is 0 Å². The minimum Gasteiger partial charge on any atom is -0.312 e. The monoisotopic (exact) mass is 313 g/mol. The number of alkyl halides is 6. The van der Waals surface area contributed by atoms with E-state index in [4.69, 9.17) is 0 Å². The molecule has 0 unspecified atom stereocenters. The summed E-state index contributed by atoms with van der Waals surface area (Å²) in [5.41, 5.74) is -2.73.